The number of benzene rings is 3. The van der Waals surface area contributed by atoms with E-state index in [1.165, 1.54) is 17.7 Å². The van der Waals surface area contributed by atoms with Crippen LogP contribution in [0.1, 0.15) is 27.9 Å². The van der Waals surface area contributed by atoms with Crippen molar-refractivity contribution in [3.63, 3.8) is 0 Å². The van der Waals surface area contributed by atoms with Crippen molar-refractivity contribution >= 4 is 16.8 Å². The maximum atomic E-state index is 13.1. The van der Waals surface area contributed by atoms with Crippen LogP contribution in [0.5, 0.6) is 0 Å². The van der Waals surface area contributed by atoms with Crippen LogP contribution < -0.4 is 5.32 Å². The smallest absolute Gasteiger partial charge is 0.251 e. The van der Waals surface area contributed by atoms with E-state index in [-0.39, 0.29) is 11.7 Å². The molecule has 0 aliphatic heterocycles. The first-order valence-electron chi connectivity index (χ1n) is 9.71. The Balaban J connectivity index is 1.41. The Labute approximate surface area is 169 Å². The highest BCUT2D eigenvalue weighted by molar-refractivity contribution is 5.97. The zero-order valence-corrected chi connectivity index (χ0v) is 16.0. The second-order valence-electron chi connectivity index (χ2n) is 7.05. The fourth-order valence-electron chi connectivity index (χ4n) is 3.34. The van der Waals surface area contributed by atoms with Crippen molar-refractivity contribution < 1.29 is 9.18 Å². The van der Waals surface area contributed by atoms with Gasteiger partial charge in [-0.15, -0.1) is 0 Å². The van der Waals surface area contributed by atoms with Crippen LogP contribution in [0.3, 0.4) is 0 Å². The van der Waals surface area contributed by atoms with Crippen molar-refractivity contribution in [3.8, 4) is 0 Å². The lowest BCUT2D eigenvalue weighted by Gasteiger charge is -2.07. The lowest BCUT2D eigenvalue weighted by Crippen LogP contribution is -2.24. The van der Waals surface area contributed by atoms with E-state index in [0.29, 0.717) is 18.7 Å². The summed E-state index contributed by atoms with van der Waals surface area (Å²) in [4.78, 5) is 12.5. The minimum Gasteiger partial charge on any atom is -0.352 e. The summed E-state index contributed by atoms with van der Waals surface area (Å²) in [7, 11) is 0. The summed E-state index contributed by atoms with van der Waals surface area (Å²) in [5.41, 5.74) is 3.71. The average molecular weight is 387 g/mol. The van der Waals surface area contributed by atoms with Crippen LogP contribution in [-0.2, 0) is 13.0 Å². The molecule has 0 atom stereocenters. The number of aromatic nitrogens is 2. The maximum Gasteiger partial charge on any atom is 0.251 e. The van der Waals surface area contributed by atoms with E-state index in [1.807, 2.05) is 41.1 Å². The van der Waals surface area contributed by atoms with Gasteiger partial charge in [-0.2, -0.15) is 5.10 Å². The number of carbonyl (C=O) groups excluding carboxylic acids is 1. The van der Waals surface area contributed by atoms with Crippen LogP contribution in [0.2, 0.25) is 0 Å². The zero-order valence-electron chi connectivity index (χ0n) is 16.0. The lowest BCUT2D eigenvalue weighted by atomic mass is 10.1. The molecule has 5 heteroatoms. The van der Waals surface area contributed by atoms with Gasteiger partial charge in [-0.3, -0.25) is 9.48 Å². The second-order valence-corrected chi connectivity index (χ2v) is 7.05. The molecule has 1 heterocycles. The van der Waals surface area contributed by atoms with Gasteiger partial charge < -0.3 is 5.32 Å². The third kappa shape index (κ3) is 4.69. The van der Waals surface area contributed by atoms with Gasteiger partial charge in [0.1, 0.15) is 5.82 Å². The standard InChI is InChI=1S/C24H22FN3O/c25-22-12-8-19(9-13-22)17-28-23-15-20(10-11-21(23)16-27-28)24(29)26-14-4-7-18-5-2-1-3-6-18/h1-3,5-6,8-13,15-16H,4,7,14,17H2,(H,26,29). The lowest BCUT2D eigenvalue weighted by molar-refractivity contribution is 0.0953. The molecule has 4 rings (SSSR count). The van der Waals surface area contributed by atoms with E-state index in [1.54, 1.807) is 18.3 Å². The Hall–Kier alpha value is -3.47. The van der Waals surface area contributed by atoms with Gasteiger partial charge in [0.25, 0.3) is 5.91 Å². The van der Waals surface area contributed by atoms with Gasteiger partial charge in [-0.25, -0.2) is 4.39 Å². The molecule has 0 saturated heterocycles. The molecule has 0 saturated carbocycles. The third-order valence-corrected chi connectivity index (χ3v) is 4.92. The number of nitrogens with zero attached hydrogens (tertiary/aromatic N) is 2. The minimum atomic E-state index is -0.259. The number of fused-ring (bicyclic) bond motifs is 1. The molecule has 1 amide bonds. The molecule has 4 aromatic rings. The molecule has 29 heavy (non-hydrogen) atoms. The largest absolute Gasteiger partial charge is 0.352 e. The number of carbonyl (C=O) groups is 1. The number of rotatable bonds is 7. The molecule has 0 unspecified atom stereocenters. The van der Waals surface area contributed by atoms with Crippen molar-refractivity contribution in [2.75, 3.05) is 6.54 Å². The normalized spacial score (nSPS) is 10.9. The Bertz CT molecular complexity index is 1100. The molecule has 1 aromatic heterocycles. The van der Waals surface area contributed by atoms with Crippen molar-refractivity contribution in [2.45, 2.75) is 19.4 Å². The Morgan fingerprint density at radius 3 is 2.55 bits per heavy atom. The highest BCUT2D eigenvalue weighted by Gasteiger charge is 2.10. The molecule has 1 N–H and O–H groups in total. The van der Waals surface area contributed by atoms with E-state index in [9.17, 15) is 9.18 Å². The molecular weight excluding hydrogens is 365 g/mol. The van der Waals surface area contributed by atoms with E-state index < -0.39 is 0 Å². The van der Waals surface area contributed by atoms with Crippen molar-refractivity contribution in [3.05, 3.63) is 102 Å². The van der Waals surface area contributed by atoms with Gasteiger partial charge in [-0.05, 0) is 48.2 Å². The molecule has 0 radical (unpaired) electrons. The number of halogens is 1. The number of amides is 1. The quantitative estimate of drug-likeness (QED) is 0.472. The maximum absolute atomic E-state index is 13.1. The fraction of sp³-hybridized carbons (Fsp3) is 0.167. The van der Waals surface area contributed by atoms with Gasteiger partial charge in [0, 0.05) is 17.5 Å². The zero-order chi connectivity index (χ0) is 20.1. The van der Waals surface area contributed by atoms with E-state index in [0.717, 1.165) is 29.3 Å². The first-order valence-corrected chi connectivity index (χ1v) is 9.71. The summed E-state index contributed by atoms with van der Waals surface area (Å²) >= 11 is 0. The summed E-state index contributed by atoms with van der Waals surface area (Å²) in [5, 5.41) is 8.37. The molecule has 0 aliphatic rings. The average Bonchev–Trinajstić information content (AvgIpc) is 3.15. The second kappa shape index (κ2) is 8.69. The number of nitrogens with one attached hydrogen (secondary N) is 1. The number of hydrogen-bond acceptors (Lipinski definition) is 2. The molecule has 0 spiro atoms. The van der Waals surface area contributed by atoms with Crippen LogP contribution in [0.15, 0.2) is 79.0 Å². The van der Waals surface area contributed by atoms with Crippen molar-refractivity contribution in [1.82, 2.24) is 15.1 Å². The Kier molecular flexibility index (Phi) is 5.66. The number of hydrogen-bond donors (Lipinski definition) is 1. The summed E-state index contributed by atoms with van der Waals surface area (Å²) in [6.07, 6.45) is 3.60. The van der Waals surface area contributed by atoms with Gasteiger partial charge in [-0.1, -0.05) is 48.5 Å². The predicted octanol–water partition coefficient (Wildman–Crippen LogP) is 4.59. The predicted molar refractivity (Wildman–Crippen MR) is 112 cm³/mol. The Morgan fingerprint density at radius 1 is 0.966 bits per heavy atom. The van der Waals surface area contributed by atoms with Gasteiger partial charge in [0.15, 0.2) is 0 Å². The summed E-state index contributed by atoms with van der Waals surface area (Å²) in [6, 6.07) is 22.2. The molecule has 3 aromatic carbocycles. The van der Waals surface area contributed by atoms with E-state index in [2.05, 4.69) is 22.5 Å². The minimum absolute atomic E-state index is 0.0884. The van der Waals surface area contributed by atoms with Crippen LogP contribution in [0, 0.1) is 5.82 Å². The van der Waals surface area contributed by atoms with E-state index >= 15 is 0 Å². The van der Waals surface area contributed by atoms with Gasteiger partial charge in [0.05, 0.1) is 18.3 Å². The summed E-state index contributed by atoms with van der Waals surface area (Å²) in [6.45, 7) is 1.15. The van der Waals surface area contributed by atoms with Crippen molar-refractivity contribution in [1.29, 1.82) is 0 Å². The van der Waals surface area contributed by atoms with Crippen LogP contribution in [0.25, 0.3) is 10.9 Å². The first-order chi connectivity index (χ1) is 14.2. The molecule has 4 nitrogen and oxygen atoms in total. The summed E-state index contributed by atoms with van der Waals surface area (Å²) < 4.78 is 14.9. The SMILES string of the molecule is O=C(NCCCc1ccccc1)c1ccc2cnn(Cc3ccc(F)cc3)c2c1. The molecule has 0 fully saturated rings. The topological polar surface area (TPSA) is 46.9 Å². The highest BCUT2D eigenvalue weighted by atomic mass is 19.1. The van der Waals surface area contributed by atoms with E-state index in [4.69, 9.17) is 0 Å². The first kappa shape index (κ1) is 18.9. The fourth-order valence-corrected chi connectivity index (χ4v) is 3.34. The highest BCUT2D eigenvalue weighted by Crippen LogP contribution is 2.17. The monoisotopic (exact) mass is 387 g/mol. The van der Waals surface area contributed by atoms with Crippen LogP contribution >= 0.6 is 0 Å². The van der Waals surface area contributed by atoms with Crippen molar-refractivity contribution in [2.24, 2.45) is 0 Å². The van der Waals surface area contributed by atoms with Gasteiger partial charge >= 0.3 is 0 Å². The third-order valence-electron chi connectivity index (χ3n) is 4.92. The van der Waals surface area contributed by atoms with Crippen LogP contribution in [-0.4, -0.2) is 22.2 Å². The summed E-state index contributed by atoms with van der Waals surface area (Å²) in [5.74, 6) is -0.347. The molecular formula is C24H22FN3O. The molecule has 146 valence electrons. The van der Waals surface area contributed by atoms with Gasteiger partial charge in [0.2, 0.25) is 0 Å². The number of aryl methyl sites for hydroxylation is 1. The Morgan fingerprint density at radius 2 is 1.76 bits per heavy atom. The molecule has 0 bridgehead atoms. The van der Waals surface area contributed by atoms with Crippen LogP contribution in [0.4, 0.5) is 4.39 Å². The molecule has 0 aliphatic carbocycles.